The van der Waals surface area contributed by atoms with E-state index in [9.17, 15) is 18.0 Å². The molecule has 0 heterocycles. The molecular weight excluding hydrogens is 245 g/mol. The zero-order valence-corrected chi connectivity index (χ0v) is 10.8. The van der Waals surface area contributed by atoms with Crippen molar-refractivity contribution in [3.05, 3.63) is 0 Å². The molecule has 1 aliphatic rings. The lowest BCUT2D eigenvalue weighted by molar-refractivity contribution is -0.138. The molecule has 0 atom stereocenters. The van der Waals surface area contributed by atoms with Crippen LogP contribution in [0.4, 0.5) is 13.2 Å². The number of hydrogen-bond donors (Lipinski definition) is 2. The number of alkyl halides is 3. The number of primary amides is 1. The van der Waals surface area contributed by atoms with Crippen LogP contribution < -0.4 is 11.1 Å². The Morgan fingerprint density at radius 1 is 1.39 bits per heavy atom. The minimum atomic E-state index is -4.32. The van der Waals surface area contributed by atoms with Crippen molar-refractivity contribution in [2.45, 2.75) is 51.2 Å². The normalized spacial score (nSPS) is 29.6. The van der Waals surface area contributed by atoms with Crippen molar-refractivity contribution in [2.24, 2.45) is 17.6 Å². The van der Waals surface area contributed by atoms with Crippen molar-refractivity contribution in [3.8, 4) is 0 Å². The smallest absolute Gasteiger partial charge is 0.368 e. The molecule has 6 heteroatoms. The van der Waals surface area contributed by atoms with Gasteiger partial charge >= 0.3 is 6.18 Å². The van der Waals surface area contributed by atoms with Crippen molar-refractivity contribution in [1.82, 2.24) is 5.32 Å². The van der Waals surface area contributed by atoms with Crippen LogP contribution >= 0.6 is 0 Å². The zero-order chi connectivity index (χ0) is 14.0. The molecule has 0 aromatic heterocycles. The van der Waals surface area contributed by atoms with Crippen LogP contribution in [0.2, 0.25) is 0 Å². The number of nitrogens with one attached hydrogen (secondary N) is 1. The summed E-state index contributed by atoms with van der Waals surface area (Å²) >= 11 is 0. The molecule has 106 valence electrons. The number of carbonyl (C=O) groups excluding carboxylic acids is 1. The first kappa shape index (κ1) is 15.3. The number of halogens is 3. The van der Waals surface area contributed by atoms with E-state index in [4.69, 9.17) is 5.73 Å². The van der Waals surface area contributed by atoms with E-state index < -0.39 is 24.2 Å². The van der Waals surface area contributed by atoms with Gasteiger partial charge in [-0.25, -0.2) is 0 Å². The lowest BCUT2D eigenvalue weighted by Gasteiger charge is -2.40. The molecule has 0 unspecified atom stereocenters. The second-order valence-electron chi connectivity index (χ2n) is 5.50. The third kappa shape index (κ3) is 3.86. The van der Waals surface area contributed by atoms with Gasteiger partial charge in [0, 0.05) is 0 Å². The average Bonchev–Trinajstić information content (AvgIpc) is 2.25. The van der Waals surface area contributed by atoms with Gasteiger partial charge in [0.05, 0.1) is 12.1 Å². The highest BCUT2D eigenvalue weighted by Gasteiger charge is 2.43. The molecule has 0 radical (unpaired) electrons. The highest BCUT2D eigenvalue weighted by molar-refractivity contribution is 5.84. The minimum Gasteiger partial charge on any atom is -0.368 e. The van der Waals surface area contributed by atoms with Gasteiger partial charge in [0.25, 0.3) is 0 Å². The summed E-state index contributed by atoms with van der Waals surface area (Å²) in [5.74, 6) is 0.276. The van der Waals surface area contributed by atoms with E-state index in [1.54, 1.807) is 0 Å². The first-order chi connectivity index (χ1) is 8.16. The van der Waals surface area contributed by atoms with Gasteiger partial charge < -0.3 is 5.73 Å². The molecular formula is C12H21F3N2O. The van der Waals surface area contributed by atoms with E-state index in [2.05, 4.69) is 19.2 Å². The summed E-state index contributed by atoms with van der Waals surface area (Å²) in [7, 11) is 0. The molecule has 1 rings (SSSR count). The van der Waals surface area contributed by atoms with Gasteiger partial charge in [-0.1, -0.05) is 13.8 Å². The molecule has 1 fully saturated rings. The summed E-state index contributed by atoms with van der Waals surface area (Å²) in [5.41, 5.74) is 4.10. The van der Waals surface area contributed by atoms with Gasteiger partial charge in [0.1, 0.15) is 0 Å². The summed E-state index contributed by atoms with van der Waals surface area (Å²) in [6.07, 6.45) is -2.06. The average molecular weight is 266 g/mol. The maximum Gasteiger partial charge on any atom is 0.401 e. The molecule has 0 spiro atoms. The summed E-state index contributed by atoms with van der Waals surface area (Å²) < 4.78 is 36.7. The fourth-order valence-electron chi connectivity index (χ4n) is 2.58. The summed E-state index contributed by atoms with van der Waals surface area (Å²) in [6, 6.07) is 0. The second kappa shape index (κ2) is 5.47. The van der Waals surface area contributed by atoms with Crippen LogP contribution in [-0.4, -0.2) is 24.2 Å². The molecule has 18 heavy (non-hydrogen) atoms. The van der Waals surface area contributed by atoms with Crippen molar-refractivity contribution < 1.29 is 18.0 Å². The molecule has 3 nitrogen and oxygen atoms in total. The second-order valence-corrected chi connectivity index (χ2v) is 5.50. The zero-order valence-electron chi connectivity index (χ0n) is 10.8. The van der Waals surface area contributed by atoms with Crippen LogP contribution in [0.15, 0.2) is 0 Å². The van der Waals surface area contributed by atoms with Crippen LogP contribution in [0.1, 0.15) is 39.5 Å². The first-order valence-electron chi connectivity index (χ1n) is 6.28. The monoisotopic (exact) mass is 266 g/mol. The van der Waals surface area contributed by atoms with E-state index in [0.29, 0.717) is 24.7 Å². The Kier molecular flexibility index (Phi) is 4.64. The van der Waals surface area contributed by atoms with Crippen LogP contribution in [0.5, 0.6) is 0 Å². The predicted octanol–water partition coefficient (Wildman–Crippen LogP) is 2.21. The molecule has 0 saturated heterocycles. The van der Waals surface area contributed by atoms with Gasteiger partial charge in [-0.3, -0.25) is 10.1 Å². The maximum absolute atomic E-state index is 12.2. The van der Waals surface area contributed by atoms with E-state index in [1.165, 1.54) is 0 Å². The Labute approximate surface area is 105 Å². The molecule has 1 saturated carbocycles. The number of rotatable bonds is 4. The highest BCUT2D eigenvalue weighted by Crippen LogP contribution is 2.36. The van der Waals surface area contributed by atoms with Crippen LogP contribution in [0.3, 0.4) is 0 Å². The summed E-state index contributed by atoms with van der Waals surface area (Å²) in [4.78, 5) is 11.5. The van der Waals surface area contributed by atoms with E-state index in [1.807, 2.05) is 0 Å². The van der Waals surface area contributed by atoms with Crippen molar-refractivity contribution in [2.75, 3.05) is 6.54 Å². The Morgan fingerprint density at radius 2 is 1.89 bits per heavy atom. The van der Waals surface area contributed by atoms with E-state index in [-0.39, 0.29) is 0 Å². The van der Waals surface area contributed by atoms with Crippen molar-refractivity contribution in [3.63, 3.8) is 0 Å². The Hall–Kier alpha value is -0.780. The van der Waals surface area contributed by atoms with E-state index in [0.717, 1.165) is 12.8 Å². The fraction of sp³-hybridized carbons (Fsp3) is 0.917. The minimum absolute atomic E-state index is 0.390. The number of nitrogens with two attached hydrogens (primary N) is 1. The number of amides is 1. The van der Waals surface area contributed by atoms with E-state index >= 15 is 0 Å². The molecule has 1 aliphatic carbocycles. The molecule has 1 amide bonds. The lowest BCUT2D eigenvalue weighted by atomic mass is 9.72. The molecule has 0 aliphatic heterocycles. The van der Waals surface area contributed by atoms with Crippen LogP contribution in [0, 0.1) is 11.8 Å². The van der Waals surface area contributed by atoms with Crippen molar-refractivity contribution in [1.29, 1.82) is 0 Å². The molecule has 3 N–H and O–H groups in total. The van der Waals surface area contributed by atoms with Crippen LogP contribution in [0.25, 0.3) is 0 Å². The summed E-state index contributed by atoms with van der Waals surface area (Å²) in [5, 5.41) is 2.33. The molecule has 0 bridgehead atoms. The van der Waals surface area contributed by atoms with Gasteiger partial charge in [-0.15, -0.1) is 0 Å². The lowest BCUT2D eigenvalue weighted by Crippen LogP contribution is -2.59. The molecule has 0 aromatic carbocycles. The van der Waals surface area contributed by atoms with Gasteiger partial charge in [-0.05, 0) is 37.5 Å². The fourth-order valence-corrected chi connectivity index (χ4v) is 2.58. The van der Waals surface area contributed by atoms with Crippen molar-refractivity contribution >= 4 is 5.91 Å². The van der Waals surface area contributed by atoms with Gasteiger partial charge in [0.15, 0.2) is 0 Å². The van der Waals surface area contributed by atoms with Gasteiger partial charge in [0.2, 0.25) is 5.91 Å². The Bertz CT molecular complexity index is 294. The maximum atomic E-state index is 12.2. The largest absolute Gasteiger partial charge is 0.401 e. The predicted molar refractivity (Wildman–Crippen MR) is 62.8 cm³/mol. The standard InChI is InChI=1S/C12H21F3N2O/c1-8(2)9-3-5-11(6-4-9,10(16)18)17-7-12(13,14)15/h8-9,17H,3-7H2,1-2H3,(H2,16,18). The Morgan fingerprint density at radius 3 is 2.22 bits per heavy atom. The first-order valence-corrected chi connectivity index (χ1v) is 6.28. The van der Waals surface area contributed by atoms with Crippen LogP contribution in [-0.2, 0) is 4.79 Å². The summed E-state index contributed by atoms with van der Waals surface area (Å²) in [6.45, 7) is 3.01. The highest BCUT2D eigenvalue weighted by atomic mass is 19.4. The topological polar surface area (TPSA) is 55.1 Å². The quantitative estimate of drug-likeness (QED) is 0.819. The number of hydrogen-bond acceptors (Lipinski definition) is 2. The van der Waals surface area contributed by atoms with Gasteiger partial charge in [-0.2, -0.15) is 13.2 Å². The molecule has 0 aromatic rings. The Balaban J connectivity index is 2.65. The third-order valence-electron chi connectivity index (χ3n) is 3.93. The third-order valence-corrected chi connectivity index (χ3v) is 3.93. The number of carbonyl (C=O) groups is 1. The SMILES string of the molecule is CC(C)C1CCC(NCC(F)(F)F)(C(N)=O)CC1.